The van der Waals surface area contributed by atoms with Gasteiger partial charge in [-0.05, 0) is 34.6 Å². The van der Waals surface area contributed by atoms with Crippen LogP contribution in [0.15, 0.2) is 30.3 Å². The van der Waals surface area contributed by atoms with E-state index in [1.807, 2.05) is 6.07 Å². The minimum Gasteiger partial charge on any atom is -0.462 e. The van der Waals surface area contributed by atoms with E-state index in [9.17, 15) is 13.8 Å². The molecule has 1 rings (SSSR count). The number of ketones is 1. The van der Waals surface area contributed by atoms with Gasteiger partial charge in [-0.15, -0.1) is 0 Å². The van der Waals surface area contributed by atoms with Crippen molar-refractivity contribution in [2.24, 2.45) is 0 Å². The molecule has 0 aromatic heterocycles. The number of hydrogen-bond acceptors (Lipinski definition) is 4. The van der Waals surface area contributed by atoms with E-state index >= 15 is 0 Å². The van der Waals surface area contributed by atoms with Gasteiger partial charge in [-0.3, -0.25) is 9.59 Å². The Hall–Kier alpha value is -1.53. The molecule has 1 aromatic carbocycles. The Morgan fingerprint density at radius 3 is 2.22 bits per heavy atom. The maximum absolute atomic E-state index is 12.3. The van der Waals surface area contributed by atoms with Crippen molar-refractivity contribution in [1.29, 1.82) is 0 Å². The average molecular weight is 339 g/mol. The second kappa shape index (κ2) is 8.36. The molecule has 1 aromatic rings. The Kier molecular flexibility index (Phi) is 7.09. The SMILES string of the molecule is CC(C)OC(=O)[C@@H](CC(=O)c1ccccc1)NS(=O)C(C)(C)C. The number of esters is 1. The molecule has 0 amide bonds. The molecular formula is C17H25NO4S. The zero-order valence-corrected chi connectivity index (χ0v) is 15.1. The molecule has 0 saturated carbocycles. The van der Waals surface area contributed by atoms with Gasteiger partial charge in [-0.25, -0.2) is 8.93 Å². The molecule has 1 N–H and O–H groups in total. The molecule has 5 nitrogen and oxygen atoms in total. The number of nitrogens with one attached hydrogen (secondary N) is 1. The van der Waals surface area contributed by atoms with Gasteiger partial charge in [0.25, 0.3) is 0 Å². The molecule has 1 unspecified atom stereocenters. The van der Waals surface area contributed by atoms with Crippen LogP contribution in [0.5, 0.6) is 0 Å². The number of benzene rings is 1. The standard InChI is InChI=1S/C17H25NO4S/c1-12(2)22-16(20)14(18-23(21)17(3,4)5)11-15(19)13-9-7-6-8-10-13/h6-10,12,14,18H,11H2,1-5H3/t14-,23?/m1/s1. The van der Waals surface area contributed by atoms with Crippen LogP contribution in [0.3, 0.4) is 0 Å². The molecule has 0 aliphatic heterocycles. The zero-order valence-electron chi connectivity index (χ0n) is 14.3. The summed E-state index contributed by atoms with van der Waals surface area (Å²) in [6, 6.07) is 7.77. The first-order valence-corrected chi connectivity index (χ1v) is 8.73. The van der Waals surface area contributed by atoms with Crippen molar-refractivity contribution < 1.29 is 18.5 Å². The van der Waals surface area contributed by atoms with E-state index in [2.05, 4.69) is 4.72 Å². The Morgan fingerprint density at radius 1 is 1.17 bits per heavy atom. The molecule has 23 heavy (non-hydrogen) atoms. The third kappa shape index (κ3) is 6.62. The van der Waals surface area contributed by atoms with E-state index in [4.69, 9.17) is 4.74 Å². The van der Waals surface area contributed by atoms with Gasteiger partial charge in [-0.2, -0.15) is 0 Å². The van der Waals surface area contributed by atoms with E-state index in [-0.39, 0.29) is 18.3 Å². The number of hydrogen-bond donors (Lipinski definition) is 1. The lowest BCUT2D eigenvalue weighted by atomic mass is 10.0. The lowest BCUT2D eigenvalue weighted by Gasteiger charge is -2.23. The van der Waals surface area contributed by atoms with Crippen molar-refractivity contribution >= 4 is 22.7 Å². The number of ether oxygens (including phenoxy) is 1. The van der Waals surface area contributed by atoms with Crippen molar-refractivity contribution in [2.45, 2.75) is 57.9 Å². The maximum atomic E-state index is 12.3. The number of carbonyl (C=O) groups is 2. The van der Waals surface area contributed by atoms with E-state index < -0.39 is 27.7 Å². The highest BCUT2D eigenvalue weighted by Crippen LogP contribution is 2.13. The predicted octanol–water partition coefficient (Wildman–Crippen LogP) is 2.63. The molecule has 0 radical (unpaired) electrons. The number of carbonyl (C=O) groups excluding carboxylic acids is 2. The van der Waals surface area contributed by atoms with Gasteiger partial charge >= 0.3 is 5.97 Å². The van der Waals surface area contributed by atoms with Gasteiger partial charge in [-0.1, -0.05) is 30.3 Å². The van der Waals surface area contributed by atoms with Crippen LogP contribution in [0.25, 0.3) is 0 Å². The molecule has 6 heteroatoms. The second-order valence-electron chi connectivity index (χ2n) is 6.53. The van der Waals surface area contributed by atoms with Gasteiger partial charge in [0, 0.05) is 12.0 Å². The van der Waals surface area contributed by atoms with Crippen LogP contribution < -0.4 is 4.72 Å². The quantitative estimate of drug-likeness (QED) is 0.612. The maximum Gasteiger partial charge on any atom is 0.324 e. The highest BCUT2D eigenvalue weighted by molar-refractivity contribution is 7.84. The third-order valence-corrected chi connectivity index (χ3v) is 4.54. The van der Waals surface area contributed by atoms with Gasteiger partial charge < -0.3 is 4.74 Å². The minimum absolute atomic E-state index is 0.0998. The first-order chi connectivity index (χ1) is 10.6. The van der Waals surface area contributed by atoms with E-state index in [1.54, 1.807) is 58.9 Å². The lowest BCUT2D eigenvalue weighted by Crippen LogP contribution is -2.46. The molecular weight excluding hydrogens is 314 g/mol. The van der Waals surface area contributed by atoms with Crippen molar-refractivity contribution in [3.63, 3.8) is 0 Å². The summed E-state index contributed by atoms with van der Waals surface area (Å²) in [5.41, 5.74) is 0.512. The van der Waals surface area contributed by atoms with E-state index in [0.717, 1.165) is 0 Å². The lowest BCUT2D eigenvalue weighted by molar-refractivity contribution is -0.149. The fraction of sp³-hybridized carbons (Fsp3) is 0.529. The second-order valence-corrected chi connectivity index (χ2v) is 8.53. The summed E-state index contributed by atoms with van der Waals surface area (Å²) in [6.07, 6.45) is -0.404. The summed E-state index contributed by atoms with van der Waals surface area (Å²) in [7, 11) is -1.48. The molecule has 0 aliphatic rings. The number of rotatable bonds is 7. The first kappa shape index (κ1) is 19.5. The highest BCUT2D eigenvalue weighted by atomic mass is 32.2. The monoisotopic (exact) mass is 339 g/mol. The Morgan fingerprint density at radius 2 is 1.74 bits per heavy atom. The van der Waals surface area contributed by atoms with Gasteiger partial charge in [0.05, 0.1) is 21.8 Å². The summed E-state index contributed by atoms with van der Waals surface area (Å²) >= 11 is 0. The topological polar surface area (TPSA) is 72.5 Å². The molecule has 0 bridgehead atoms. The van der Waals surface area contributed by atoms with Crippen LogP contribution in [-0.2, 0) is 20.5 Å². The summed E-state index contributed by atoms with van der Waals surface area (Å²) in [6.45, 7) is 8.84. The molecule has 2 atom stereocenters. The molecule has 0 spiro atoms. The largest absolute Gasteiger partial charge is 0.462 e. The first-order valence-electron chi connectivity index (χ1n) is 7.58. The summed E-state index contributed by atoms with van der Waals surface area (Å²) in [5.74, 6) is -0.767. The van der Waals surface area contributed by atoms with E-state index in [0.29, 0.717) is 5.56 Å². The summed E-state index contributed by atoms with van der Waals surface area (Å²) in [4.78, 5) is 24.5. The Labute approximate surface area is 140 Å². The predicted molar refractivity (Wildman–Crippen MR) is 91.4 cm³/mol. The highest BCUT2D eigenvalue weighted by Gasteiger charge is 2.30. The van der Waals surface area contributed by atoms with Crippen molar-refractivity contribution in [2.75, 3.05) is 0 Å². The molecule has 0 saturated heterocycles. The normalized spacial score (nSPS) is 14.3. The van der Waals surface area contributed by atoms with Crippen LogP contribution in [0.1, 0.15) is 51.4 Å². The average Bonchev–Trinajstić information content (AvgIpc) is 2.45. The summed E-state index contributed by atoms with van der Waals surface area (Å²) in [5, 5.41) is 0. The Bertz CT molecular complexity index is 564. The summed E-state index contributed by atoms with van der Waals surface area (Å²) < 4.78 is 19.6. The van der Waals surface area contributed by atoms with Crippen LogP contribution in [-0.4, -0.2) is 32.9 Å². The smallest absolute Gasteiger partial charge is 0.324 e. The van der Waals surface area contributed by atoms with Gasteiger partial charge in [0.1, 0.15) is 6.04 Å². The molecule has 0 heterocycles. The van der Waals surface area contributed by atoms with Crippen LogP contribution in [0.4, 0.5) is 0 Å². The molecule has 128 valence electrons. The molecule has 0 fully saturated rings. The fourth-order valence-corrected chi connectivity index (χ4v) is 2.51. The van der Waals surface area contributed by atoms with E-state index in [1.165, 1.54) is 0 Å². The van der Waals surface area contributed by atoms with Crippen molar-refractivity contribution in [1.82, 2.24) is 4.72 Å². The fourth-order valence-electron chi connectivity index (χ4n) is 1.72. The molecule has 0 aliphatic carbocycles. The Balaban J connectivity index is 2.89. The van der Waals surface area contributed by atoms with Gasteiger partial charge in [0.2, 0.25) is 0 Å². The van der Waals surface area contributed by atoms with Gasteiger partial charge in [0.15, 0.2) is 5.78 Å². The minimum atomic E-state index is -1.48. The van der Waals surface area contributed by atoms with Crippen molar-refractivity contribution in [3.8, 4) is 0 Å². The number of Topliss-reactive ketones (excluding diaryl/α,β-unsaturated/α-hetero) is 1. The third-order valence-electron chi connectivity index (χ3n) is 2.93. The van der Waals surface area contributed by atoms with Crippen molar-refractivity contribution in [3.05, 3.63) is 35.9 Å². The van der Waals surface area contributed by atoms with Crippen LogP contribution in [0.2, 0.25) is 0 Å². The van der Waals surface area contributed by atoms with Crippen LogP contribution in [0, 0.1) is 0 Å². The zero-order chi connectivity index (χ0) is 17.6. The van der Waals surface area contributed by atoms with Crippen LogP contribution >= 0.6 is 0 Å².